The molecule has 26 heavy (non-hydrogen) atoms. The Morgan fingerprint density at radius 2 is 1.08 bits per heavy atom. The Bertz CT molecular complexity index is 529. The van der Waals surface area contributed by atoms with Crippen molar-refractivity contribution in [3.8, 4) is 0 Å². The summed E-state index contributed by atoms with van der Waals surface area (Å²) in [6.07, 6.45) is 0. The number of benzene rings is 1. The lowest BCUT2D eigenvalue weighted by Crippen LogP contribution is -2.42. The fraction of sp³-hybridized carbons (Fsp3) is 0.700. The molecular weight excluding hydrogens is 356 g/mol. The number of anilines is 2. The summed E-state index contributed by atoms with van der Waals surface area (Å²) in [6.45, 7) is 23.7. The quantitative estimate of drug-likeness (QED) is 0.390. The van der Waals surface area contributed by atoms with Crippen molar-refractivity contribution >= 4 is 28.0 Å². The number of hydrogen-bond acceptors (Lipinski definition) is 4. The fourth-order valence-corrected chi connectivity index (χ4v) is 3.50. The molecule has 1 aromatic carbocycles. The van der Waals surface area contributed by atoms with Crippen molar-refractivity contribution in [1.82, 2.24) is 0 Å². The molecule has 4 nitrogen and oxygen atoms in total. The first-order valence-electron chi connectivity index (χ1n) is 9.51. The van der Waals surface area contributed by atoms with Crippen LogP contribution in [0.25, 0.3) is 0 Å². The Morgan fingerprint density at radius 3 is 1.38 bits per heavy atom. The van der Waals surface area contributed by atoms with Crippen LogP contribution in [0.2, 0.25) is 36.3 Å². The van der Waals surface area contributed by atoms with Gasteiger partial charge in [-0.3, -0.25) is 0 Å². The first-order valence-corrected chi connectivity index (χ1v) is 15.3. The summed E-state index contributed by atoms with van der Waals surface area (Å²) in [5, 5.41) is 7.21. The molecule has 0 aliphatic rings. The predicted molar refractivity (Wildman–Crippen MR) is 120 cm³/mol. The van der Waals surface area contributed by atoms with Crippen LogP contribution in [0.15, 0.2) is 24.3 Å². The molecule has 0 aromatic heterocycles. The molecule has 0 saturated heterocycles. The Hall–Kier alpha value is -0.826. The molecule has 1 rings (SSSR count). The lowest BCUT2D eigenvalue weighted by molar-refractivity contribution is 0.313. The minimum Gasteiger partial charge on any atom is -0.400 e. The molecule has 0 amide bonds. The summed E-state index contributed by atoms with van der Waals surface area (Å²) in [5.41, 5.74) is 2.11. The molecule has 0 bridgehead atoms. The van der Waals surface area contributed by atoms with Gasteiger partial charge < -0.3 is 19.5 Å². The van der Waals surface area contributed by atoms with Gasteiger partial charge in [-0.25, -0.2) is 0 Å². The maximum atomic E-state index is 6.19. The van der Waals surface area contributed by atoms with Gasteiger partial charge in [0.05, 0.1) is 0 Å². The number of hydrogen-bond donors (Lipinski definition) is 2. The molecule has 0 saturated carbocycles. The third-order valence-electron chi connectivity index (χ3n) is 5.89. The first-order chi connectivity index (χ1) is 11.7. The average molecular weight is 397 g/mol. The maximum absolute atomic E-state index is 6.19. The van der Waals surface area contributed by atoms with Gasteiger partial charge in [0.25, 0.3) is 0 Å². The van der Waals surface area contributed by atoms with E-state index < -0.39 is 16.6 Å². The van der Waals surface area contributed by atoms with E-state index in [1.54, 1.807) is 0 Å². The van der Waals surface area contributed by atoms with Crippen LogP contribution in [0.3, 0.4) is 0 Å². The molecule has 2 N–H and O–H groups in total. The maximum Gasteiger partial charge on any atom is 0.194 e. The van der Waals surface area contributed by atoms with E-state index in [0.29, 0.717) is 13.5 Å². The predicted octanol–water partition coefficient (Wildman–Crippen LogP) is 6.47. The van der Waals surface area contributed by atoms with Crippen molar-refractivity contribution in [3.05, 3.63) is 24.3 Å². The van der Waals surface area contributed by atoms with Gasteiger partial charge in [-0.15, -0.1) is 0 Å². The molecule has 0 unspecified atom stereocenters. The normalized spacial score (nSPS) is 13.6. The zero-order chi connectivity index (χ0) is 20.2. The lowest BCUT2D eigenvalue weighted by Gasteiger charge is -2.36. The second-order valence-electron chi connectivity index (χ2n) is 10.0. The Morgan fingerprint density at radius 1 is 0.731 bits per heavy atom. The summed E-state index contributed by atoms with van der Waals surface area (Å²) < 4.78 is 12.4. The van der Waals surface area contributed by atoms with E-state index in [-0.39, 0.29) is 10.1 Å². The van der Waals surface area contributed by atoms with Crippen LogP contribution in [0, 0.1) is 0 Å². The summed E-state index contributed by atoms with van der Waals surface area (Å²) >= 11 is 0. The zero-order valence-corrected chi connectivity index (χ0v) is 20.5. The van der Waals surface area contributed by atoms with Gasteiger partial charge in [-0.2, -0.15) is 0 Å². The first kappa shape index (κ1) is 23.2. The molecular formula is C20H40N2O2Si2. The van der Waals surface area contributed by atoms with Gasteiger partial charge >= 0.3 is 0 Å². The van der Waals surface area contributed by atoms with Crippen LogP contribution >= 0.6 is 0 Å². The van der Waals surface area contributed by atoms with Crippen molar-refractivity contribution in [3.63, 3.8) is 0 Å². The highest BCUT2D eigenvalue weighted by atomic mass is 28.4. The smallest absolute Gasteiger partial charge is 0.194 e. The molecule has 0 fully saturated rings. The highest BCUT2D eigenvalue weighted by Gasteiger charge is 2.37. The minimum absolute atomic E-state index is 0.221. The summed E-state index contributed by atoms with van der Waals surface area (Å²) in [6, 6.07) is 8.27. The van der Waals surface area contributed by atoms with E-state index in [4.69, 9.17) is 8.85 Å². The van der Waals surface area contributed by atoms with E-state index in [9.17, 15) is 0 Å². The van der Waals surface area contributed by atoms with E-state index in [1.807, 2.05) is 6.07 Å². The van der Waals surface area contributed by atoms with Crippen LogP contribution in [0.5, 0.6) is 0 Å². The van der Waals surface area contributed by atoms with Crippen molar-refractivity contribution in [2.24, 2.45) is 0 Å². The number of rotatable bonds is 8. The van der Waals surface area contributed by atoms with Crippen LogP contribution in [-0.4, -0.2) is 30.1 Å². The molecule has 6 heteroatoms. The second-order valence-corrected chi connectivity index (χ2v) is 19.7. The lowest BCUT2D eigenvalue weighted by atomic mass is 10.2. The van der Waals surface area contributed by atoms with Crippen LogP contribution < -0.4 is 10.6 Å². The largest absolute Gasteiger partial charge is 0.400 e. The van der Waals surface area contributed by atoms with Gasteiger partial charge in [-0.05, 0) is 54.5 Å². The highest BCUT2D eigenvalue weighted by molar-refractivity contribution is 6.74. The summed E-state index contributed by atoms with van der Waals surface area (Å²) in [4.78, 5) is 0. The molecule has 1 aromatic rings. The molecule has 150 valence electrons. The Labute approximate surface area is 163 Å². The summed E-state index contributed by atoms with van der Waals surface area (Å²) in [7, 11) is -3.45. The van der Waals surface area contributed by atoms with Crippen molar-refractivity contribution in [2.75, 3.05) is 24.1 Å². The average Bonchev–Trinajstić information content (AvgIpc) is 2.45. The van der Waals surface area contributed by atoms with Gasteiger partial charge in [-0.1, -0.05) is 47.6 Å². The SMILES string of the molecule is CC(C)(C)[Si](C)(C)OCNc1cccc(NCO[Si](C)(C)C(C)(C)C)c1. The third kappa shape index (κ3) is 6.72. The van der Waals surface area contributed by atoms with E-state index in [0.717, 1.165) is 11.4 Å². The van der Waals surface area contributed by atoms with Crippen molar-refractivity contribution < 1.29 is 8.85 Å². The van der Waals surface area contributed by atoms with Crippen molar-refractivity contribution in [1.29, 1.82) is 0 Å². The van der Waals surface area contributed by atoms with E-state index in [1.165, 1.54) is 0 Å². The zero-order valence-electron chi connectivity index (χ0n) is 18.5. The van der Waals surface area contributed by atoms with Crippen LogP contribution in [0.4, 0.5) is 11.4 Å². The fourth-order valence-electron chi connectivity index (χ4n) is 1.77. The molecule has 0 aliphatic carbocycles. The third-order valence-corrected chi connectivity index (χ3v) is 14.9. The van der Waals surface area contributed by atoms with E-state index in [2.05, 4.69) is 96.6 Å². The van der Waals surface area contributed by atoms with Crippen LogP contribution in [-0.2, 0) is 8.85 Å². The van der Waals surface area contributed by atoms with Gasteiger partial charge in [0.15, 0.2) is 16.6 Å². The summed E-state index contributed by atoms with van der Waals surface area (Å²) in [5.74, 6) is 0. The number of nitrogens with one attached hydrogen (secondary N) is 2. The monoisotopic (exact) mass is 396 g/mol. The molecule has 0 radical (unpaired) electrons. The second kappa shape index (κ2) is 8.46. The molecule has 0 heterocycles. The molecule has 0 spiro atoms. The molecule has 0 aliphatic heterocycles. The molecule has 0 atom stereocenters. The Balaban J connectivity index is 2.54. The van der Waals surface area contributed by atoms with Gasteiger partial charge in [0.1, 0.15) is 13.5 Å². The standard InChI is InChI=1S/C20H40N2O2Si2/c1-19(2,3)25(7,8)23-15-21-17-12-11-13-18(14-17)22-16-24-26(9,10)20(4,5)6/h11-14,21-22H,15-16H2,1-10H3. The van der Waals surface area contributed by atoms with Crippen molar-refractivity contribution in [2.45, 2.75) is 77.8 Å². The van der Waals surface area contributed by atoms with Gasteiger partial charge in [0.2, 0.25) is 0 Å². The topological polar surface area (TPSA) is 42.5 Å². The highest BCUT2D eigenvalue weighted by Crippen LogP contribution is 2.37. The van der Waals surface area contributed by atoms with Gasteiger partial charge in [0, 0.05) is 11.4 Å². The Kier molecular flexibility index (Phi) is 7.55. The van der Waals surface area contributed by atoms with Crippen LogP contribution in [0.1, 0.15) is 41.5 Å². The minimum atomic E-state index is -1.73. The van der Waals surface area contributed by atoms with E-state index >= 15 is 0 Å².